The highest BCUT2D eigenvalue weighted by atomic mass is 16.4. The van der Waals surface area contributed by atoms with Crippen molar-refractivity contribution in [1.82, 2.24) is 10.2 Å². The van der Waals surface area contributed by atoms with E-state index in [1.165, 1.54) is 0 Å². The van der Waals surface area contributed by atoms with Gasteiger partial charge in [0.2, 0.25) is 5.91 Å². The van der Waals surface area contributed by atoms with E-state index in [9.17, 15) is 9.59 Å². The maximum Gasteiger partial charge on any atom is 0.305 e. The van der Waals surface area contributed by atoms with Crippen LogP contribution >= 0.6 is 0 Å². The van der Waals surface area contributed by atoms with Crippen LogP contribution in [0.3, 0.4) is 0 Å². The van der Waals surface area contributed by atoms with Gasteiger partial charge in [0.15, 0.2) is 0 Å². The number of nitrogens with one attached hydrogen (secondary N) is 1. The average molecular weight is 226 g/mol. The molecule has 1 amide bonds. The topological polar surface area (TPSA) is 69.6 Å². The number of carbonyl (C=O) groups is 2. The van der Waals surface area contributed by atoms with E-state index in [4.69, 9.17) is 5.11 Å². The highest BCUT2D eigenvalue weighted by Crippen LogP contribution is 2.35. The molecule has 1 unspecified atom stereocenters. The number of hydrogen-bond acceptors (Lipinski definition) is 3. The van der Waals surface area contributed by atoms with Crippen LogP contribution in [0.5, 0.6) is 0 Å². The van der Waals surface area contributed by atoms with Crippen LogP contribution in [0.4, 0.5) is 0 Å². The molecule has 0 aromatic carbocycles. The van der Waals surface area contributed by atoms with Crippen molar-refractivity contribution in [3.63, 3.8) is 0 Å². The molecule has 5 heteroatoms. The van der Waals surface area contributed by atoms with Crippen LogP contribution in [0.15, 0.2) is 0 Å². The number of aliphatic carboxylic acids is 1. The Morgan fingerprint density at radius 1 is 1.56 bits per heavy atom. The van der Waals surface area contributed by atoms with E-state index in [0.717, 1.165) is 12.8 Å². The zero-order chi connectivity index (χ0) is 11.9. The first-order chi connectivity index (χ1) is 7.42. The predicted molar refractivity (Wildman–Crippen MR) is 58.0 cm³/mol. The summed E-state index contributed by atoms with van der Waals surface area (Å²) in [7, 11) is 0. The van der Waals surface area contributed by atoms with Crippen molar-refractivity contribution < 1.29 is 14.7 Å². The summed E-state index contributed by atoms with van der Waals surface area (Å²) in [5.41, 5.74) is -0.201. The Morgan fingerprint density at radius 3 is 2.69 bits per heavy atom. The Kier molecular flexibility index (Phi) is 2.66. The largest absolute Gasteiger partial charge is 0.481 e. The first kappa shape index (κ1) is 11.4. The van der Waals surface area contributed by atoms with Gasteiger partial charge in [0.1, 0.15) is 0 Å². The number of piperazine rings is 1. The van der Waals surface area contributed by atoms with Gasteiger partial charge in [0, 0.05) is 12.6 Å². The molecule has 0 aromatic rings. The summed E-state index contributed by atoms with van der Waals surface area (Å²) >= 11 is 0. The minimum atomic E-state index is -0.929. The fraction of sp³-hybridized carbons (Fsp3) is 0.818. The van der Waals surface area contributed by atoms with E-state index in [1.54, 1.807) is 0 Å². The van der Waals surface area contributed by atoms with Gasteiger partial charge in [-0.2, -0.15) is 0 Å². The Labute approximate surface area is 94.8 Å². The molecule has 2 aliphatic rings. The summed E-state index contributed by atoms with van der Waals surface area (Å²) in [4.78, 5) is 24.7. The zero-order valence-corrected chi connectivity index (χ0v) is 9.69. The first-order valence-electron chi connectivity index (χ1n) is 5.70. The normalized spacial score (nSPS) is 29.2. The van der Waals surface area contributed by atoms with Gasteiger partial charge in [-0.25, -0.2) is 0 Å². The molecule has 0 spiro atoms. The molecule has 16 heavy (non-hydrogen) atoms. The third-order valence-electron chi connectivity index (χ3n) is 3.26. The van der Waals surface area contributed by atoms with Crippen molar-refractivity contribution in [2.45, 2.75) is 50.7 Å². The quantitative estimate of drug-likeness (QED) is 0.721. The molecule has 1 aliphatic carbocycles. The molecule has 0 radical (unpaired) electrons. The van der Waals surface area contributed by atoms with E-state index >= 15 is 0 Å². The van der Waals surface area contributed by atoms with Crippen LogP contribution < -0.4 is 5.32 Å². The van der Waals surface area contributed by atoms with Crippen molar-refractivity contribution >= 4 is 11.9 Å². The lowest BCUT2D eigenvalue weighted by molar-refractivity contribution is -0.149. The predicted octanol–water partition coefficient (Wildman–Crippen LogP) is 0.203. The molecule has 2 rings (SSSR count). The Bertz CT molecular complexity index is 323. The molecule has 1 heterocycles. The zero-order valence-electron chi connectivity index (χ0n) is 9.69. The van der Waals surface area contributed by atoms with Crippen LogP contribution in [-0.2, 0) is 9.59 Å². The molecule has 90 valence electrons. The lowest BCUT2D eigenvalue weighted by Crippen LogP contribution is -2.66. The highest BCUT2D eigenvalue weighted by molar-refractivity contribution is 5.88. The summed E-state index contributed by atoms with van der Waals surface area (Å²) in [5, 5.41) is 11.8. The van der Waals surface area contributed by atoms with E-state index in [2.05, 4.69) is 5.32 Å². The maximum atomic E-state index is 12.2. The van der Waals surface area contributed by atoms with Gasteiger partial charge in [-0.1, -0.05) is 0 Å². The van der Waals surface area contributed by atoms with Gasteiger partial charge in [0.25, 0.3) is 0 Å². The van der Waals surface area contributed by atoms with Crippen molar-refractivity contribution in [2.75, 3.05) is 6.54 Å². The minimum absolute atomic E-state index is 0.0545. The highest BCUT2D eigenvalue weighted by Gasteiger charge is 2.47. The van der Waals surface area contributed by atoms with E-state index in [1.807, 2.05) is 18.7 Å². The van der Waals surface area contributed by atoms with Crippen molar-refractivity contribution in [3.05, 3.63) is 0 Å². The number of hydrogen-bond donors (Lipinski definition) is 2. The monoisotopic (exact) mass is 226 g/mol. The molecule has 2 fully saturated rings. The standard InChI is InChI=1S/C11H18N2O3/c1-11(2)6-12-8(5-9(14)15)10(16)13(11)7-3-4-7/h7-8,12H,3-6H2,1-2H3,(H,14,15). The van der Waals surface area contributed by atoms with Gasteiger partial charge in [-0.05, 0) is 26.7 Å². The number of rotatable bonds is 3. The lowest BCUT2D eigenvalue weighted by Gasteiger charge is -2.45. The van der Waals surface area contributed by atoms with Crippen LogP contribution in [-0.4, -0.2) is 46.1 Å². The Balaban J connectivity index is 2.12. The van der Waals surface area contributed by atoms with E-state index in [-0.39, 0.29) is 17.9 Å². The average Bonchev–Trinajstić information content (AvgIpc) is 2.93. The number of amides is 1. The fourth-order valence-corrected chi connectivity index (χ4v) is 2.35. The molecule has 0 bridgehead atoms. The maximum absolute atomic E-state index is 12.2. The van der Waals surface area contributed by atoms with Crippen LogP contribution in [0, 0.1) is 0 Å². The molecule has 2 N–H and O–H groups in total. The second kappa shape index (κ2) is 3.73. The second-order valence-corrected chi connectivity index (χ2v) is 5.28. The molecular formula is C11H18N2O3. The number of carboxylic acids is 1. The van der Waals surface area contributed by atoms with Gasteiger partial charge in [-0.3, -0.25) is 9.59 Å². The molecule has 1 aliphatic heterocycles. The van der Waals surface area contributed by atoms with Crippen molar-refractivity contribution in [1.29, 1.82) is 0 Å². The van der Waals surface area contributed by atoms with Crippen LogP contribution in [0.1, 0.15) is 33.1 Å². The van der Waals surface area contributed by atoms with Gasteiger partial charge < -0.3 is 15.3 Å². The van der Waals surface area contributed by atoms with Gasteiger partial charge in [-0.15, -0.1) is 0 Å². The summed E-state index contributed by atoms with van der Waals surface area (Å²) in [5.74, 6) is -0.984. The molecule has 1 saturated heterocycles. The second-order valence-electron chi connectivity index (χ2n) is 5.28. The fourth-order valence-electron chi connectivity index (χ4n) is 2.35. The summed E-state index contributed by atoms with van der Waals surface area (Å²) < 4.78 is 0. The number of carboxylic acid groups (broad SMARTS) is 1. The summed E-state index contributed by atoms with van der Waals surface area (Å²) in [6.07, 6.45) is 1.97. The van der Waals surface area contributed by atoms with Crippen molar-refractivity contribution in [3.8, 4) is 0 Å². The van der Waals surface area contributed by atoms with Crippen molar-refractivity contribution in [2.24, 2.45) is 0 Å². The molecule has 0 aromatic heterocycles. The molecule has 1 atom stereocenters. The number of carbonyl (C=O) groups excluding carboxylic acids is 1. The smallest absolute Gasteiger partial charge is 0.305 e. The number of nitrogens with zero attached hydrogens (tertiary/aromatic N) is 1. The molecule has 5 nitrogen and oxygen atoms in total. The summed E-state index contributed by atoms with van der Waals surface area (Å²) in [6.45, 7) is 4.70. The van der Waals surface area contributed by atoms with Crippen LogP contribution in [0.25, 0.3) is 0 Å². The van der Waals surface area contributed by atoms with Gasteiger partial charge in [0.05, 0.1) is 18.0 Å². The SMILES string of the molecule is CC1(C)CNC(CC(=O)O)C(=O)N1C1CC1. The summed E-state index contributed by atoms with van der Waals surface area (Å²) in [6, 6.07) is -0.216. The minimum Gasteiger partial charge on any atom is -0.481 e. The third kappa shape index (κ3) is 2.04. The van der Waals surface area contributed by atoms with E-state index in [0.29, 0.717) is 12.6 Å². The Morgan fingerprint density at radius 2 is 2.19 bits per heavy atom. The lowest BCUT2D eigenvalue weighted by atomic mass is 9.95. The molecular weight excluding hydrogens is 208 g/mol. The van der Waals surface area contributed by atoms with Gasteiger partial charge >= 0.3 is 5.97 Å². The third-order valence-corrected chi connectivity index (χ3v) is 3.26. The van der Waals surface area contributed by atoms with E-state index < -0.39 is 12.0 Å². The van der Waals surface area contributed by atoms with Crippen LogP contribution in [0.2, 0.25) is 0 Å². The Hall–Kier alpha value is -1.10. The molecule has 1 saturated carbocycles. The first-order valence-corrected chi connectivity index (χ1v) is 5.70.